The second-order valence-corrected chi connectivity index (χ2v) is 4.62. The molecule has 0 radical (unpaired) electrons. The molecule has 3 N–H and O–H groups in total. The van der Waals surface area contributed by atoms with Crippen molar-refractivity contribution < 1.29 is 14.3 Å². The Morgan fingerprint density at radius 1 is 1.56 bits per heavy atom. The average molecular weight is 257 g/mol. The fraction of sp³-hybridized carbons (Fsp3) is 0.833. The molecule has 1 rings (SSSR count). The fourth-order valence-electron chi connectivity index (χ4n) is 2.05. The van der Waals surface area contributed by atoms with Crippen molar-refractivity contribution >= 4 is 12.0 Å². The molecule has 104 valence electrons. The van der Waals surface area contributed by atoms with Crippen molar-refractivity contribution in [3.63, 3.8) is 0 Å². The van der Waals surface area contributed by atoms with Crippen molar-refractivity contribution in [3.05, 3.63) is 0 Å². The quantitative estimate of drug-likeness (QED) is 0.759. The maximum absolute atomic E-state index is 12.0. The lowest BCUT2D eigenvalue weighted by Crippen LogP contribution is -2.51. The molecule has 2 amide bonds. The first-order valence-electron chi connectivity index (χ1n) is 6.50. The molecular formula is C12H23N3O3. The van der Waals surface area contributed by atoms with E-state index in [-0.39, 0.29) is 17.9 Å². The maximum Gasteiger partial charge on any atom is 0.407 e. The zero-order chi connectivity index (χ0) is 13.5. The number of nitrogens with two attached hydrogens (primary N) is 1. The molecule has 1 heterocycles. The van der Waals surface area contributed by atoms with Gasteiger partial charge >= 0.3 is 6.09 Å². The molecule has 18 heavy (non-hydrogen) atoms. The van der Waals surface area contributed by atoms with E-state index >= 15 is 0 Å². The van der Waals surface area contributed by atoms with Crippen LogP contribution in [0.25, 0.3) is 0 Å². The predicted octanol–water partition coefficient (Wildman–Crippen LogP) is 0.318. The monoisotopic (exact) mass is 257 g/mol. The summed E-state index contributed by atoms with van der Waals surface area (Å²) in [6, 6.07) is -0.0216. The Bertz CT molecular complexity index is 296. The molecule has 0 aliphatic carbocycles. The first kappa shape index (κ1) is 14.8. The first-order chi connectivity index (χ1) is 8.58. The Hall–Kier alpha value is -1.30. The number of amides is 2. The number of likely N-dealkylation sites (tertiary alicyclic amines) is 1. The lowest BCUT2D eigenvalue weighted by molar-refractivity contribution is -0.136. The summed E-state index contributed by atoms with van der Waals surface area (Å²) in [6.45, 7) is 5.58. The summed E-state index contributed by atoms with van der Waals surface area (Å²) in [7, 11) is 0. The molecule has 0 saturated carbocycles. The van der Waals surface area contributed by atoms with Crippen LogP contribution in [0.1, 0.15) is 26.7 Å². The zero-order valence-electron chi connectivity index (χ0n) is 11.1. The van der Waals surface area contributed by atoms with Crippen molar-refractivity contribution in [2.24, 2.45) is 11.7 Å². The van der Waals surface area contributed by atoms with Crippen molar-refractivity contribution in [2.75, 3.05) is 26.2 Å². The van der Waals surface area contributed by atoms with Crippen LogP contribution in [0.3, 0.4) is 0 Å². The number of alkyl carbamates (subject to hydrolysis) is 1. The highest BCUT2D eigenvalue weighted by atomic mass is 16.5. The molecule has 0 bridgehead atoms. The van der Waals surface area contributed by atoms with Gasteiger partial charge in [0.05, 0.1) is 6.61 Å². The number of hydrogen-bond donors (Lipinski definition) is 2. The van der Waals surface area contributed by atoms with Gasteiger partial charge in [0, 0.05) is 31.6 Å². The summed E-state index contributed by atoms with van der Waals surface area (Å²) in [5, 5.41) is 2.78. The van der Waals surface area contributed by atoms with Gasteiger partial charge in [0.1, 0.15) is 0 Å². The molecule has 1 saturated heterocycles. The lowest BCUT2D eigenvalue weighted by atomic mass is 10.0. The number of carbonyl (C=O) groups excluding carboxylic acids is 2. The lowest BCUT2D eigenvalue weighted by Gasteiger charge is -2.34. The van der Waals surface area contributed by atoms with E-state index in [0.29, 0.717) is 19.7 Å². The van der Waals surface area contributed by atoms with Crippen LogP contribution >= 0.6 is 0 Å². The van der Waals surface area contributed by atoms with E-state index in [1.165, 1.54) is 0 Å². The van der Waals surface area contributed by atoms with Crippen molar-refractivity contribution in [3.8, 4) is 0 Å². The summed E-state index contributed by atoms with van der Waals surface area (Å²) in [4.78, 5) is 25.1. The standard InChI is InChI=1S/C12H23N3O3/c1-3-18-12(17)14-10-5-4-6-15(8-10)11(16)9(2)7-13/h9-10H,3-8,13H2,1-2H3,(H,14,17). The molecule has 0 aromatic heterocycles. The second-order valence-electron chi connectivity index (χ2n) is 4.62. The molecule has 2 atom stereocenters. The second kappa shape index (κ2) is 7.20. The van der Waals surface area contributed by atoms with E-state index in [4.69, 9.17) is 10.5 Å². The summed E-state index contributed by atoms with van der Waals surface area (Å²) >= 11 is 0. The van der Waals surface area contributed by atoms with Gasteiger partial charge < -0.3 is 20.7 Å². The van der Waals surface area contributed by atoms with E-state index in [1.807, 2.05) is 6.92 Å². The summed E-state index contributed by atoms with van der Waals surface area (Å²) in [5.41, 5.74) is 5.50. The van der Waals surface area contributed by atoms with Gasteiger partial charge in [-0.05, 0) is 19.8 Å². The van der Waals surface area contributed by atoms with Gasteiger partial charge in [0.25, 0.3) is 0 Å². The highest BCUT2D eigenvalue weighted by Crippen LogP contribution is 2.13. The number of nitrogens with one attached hydrogen (secondary N) is 1. The number of rotatable bonds is 4. The molecule has 1 aliphatic rings. The van der Waals surface area contributed by atoms with Gasteiger partial charge in [0.2, 0.25) is 5.91 Å². The van der Waals surface area contributed by atoms with Crippen LogP contribution < -0.4 is 11.1 Å². The van der Waals surface area contributed by atoms with Crippen molar-refractivity contribution in [1.29, 1.82) is 0 Å². The van der Waals surface area contributed by atoms with Crippen LogP contribution in [0.2, 0.25) is 0 Å². The van der Waals surface area contributed by atoms with Gasteiger partial charge in [-0.3, -0.25) is 4.79 Å². The number of piperidine rings is 1. The normalized spacial score (nSPS) is 21.3. The minimum Gasteiger partial charge on any atom is -0.450 e. The summed E-state index contributed by atoms with van der Waals surface area (Å²) < 4.78 is 4.84. The molecule has 6 nitrogen and oxygen atoms in total. The third kappa shape index (κ3) is 4.18. The van der Waals surface area contributed by atoms with Crippen LogP contribution in [0.15, 0.2) is 0 Å². The van der Waals surface area contributed by atoms with Crippen LogP contribution in [-0.2, 0) is 9.53 Å². The third-order valence-electron chi connectivity index (χ3n) is 3.11. The molecule has 0 aromatic rings. The smallest absolute Gasteiger partial charge is 0.407 e. The molecule has 2 unspecified atom stereocenters. The topological polar surface area (TPSA) is 84.7 Å². The van der Waals surface area contributed by atoms with E-state index in [2.05, 4.69) is 5.32 Å². The SMILES string of the molecule is CCOC(=O)NC1CCCN(C(=O)C(C)CN)C1. The Morgan fingerprint density at radius 2 is 2.28 bits per heavy atom. The zero-order valence-corrected chi connectivity index (χ0v) is 11.1. The molecule has 6 heteroatoms. The Labute approximate surface area is 108 Å². The highest BCUT2D eigenvalue weighted by molar-refractivity contribution is 5.79. The van der Waals surface area contributed by atoms with Gasteiger partial charge in [0.15, 0.2) is 0 Å². The molecule has 1 fully saturated rings. The van der Waals surface area contributed by atoms with Crippen molar-refractivity contribution in [1.82, 2.24) is 10.2 Å². The molecule has 1 aliphatic heterocycles. The van der Waals surface area contributed by atoms with Crippen LogP contribution in [0.5, 0.6) is 0 Å². The Morgan fingerprint density at radius 3 is 2.89 bits per heavy atom. The molecule has 0 spiro atoms. The minimum absolute atomic E-state index is 0.0216. The maximum atomic E-state index is 12.0. The van der Waals surface area contributed by atoms with E-state index in [1.54, 1.807) is 11.8 Å². The van der Waals surface area contributed by atoms with Crippen molar-refractivity contribution in [2.45, 2.75) is 32.7 Å². The van der Waals surface area contributed by atoms with E-state index in [9.17, 15) is 9.59 Å². The Balaban J connectivity index is 2.45. The predicted molar refractivity (Wildman–Crippen MR) is 68.0 cm³/mol. The average Bonchev–Trinajstić information content (AvgIpc) is 2.37. The third-order valence-corrected chi connectivity index (χ3v) is 3.11. The summed E-state index contributed by atoms with van der Waals surface area (Å²) in [5.74, 6) is -0.0980. The number of ether oxygens (including phenoxy) is 1. The Kier molecular flexibility index (Phi) is 5.91. The van der Waals surface area contributed by atoms with Gasteiger partial charge in [-0.25, -0.2) is 4.79 Å². The summed E-state index contributed by atoms with van der Waals surface area (Å²) in [6.07, 6.45) is 1.35. The number of nitrogens with zero attached hydrogens (tertiary/aromatic N) is 1. The van der Waals surface area contributed by atoms with Gasteiger partial charge in [-0.1, -0.05) is 6.92 Å². The van der Waals surface area contributed by atoms with Crippen LogP contribution in [-0.4, -0.2) is 49.2 Å². The minimum atomic E-state index is -0.413. The van der Waals surface area contributed by atoms with Gasteiger partial charge in [-0.2, -0.15) is 0 Å². The van der Waals surface area contributed by atoms with E-state index < -0.39 is 6.09 Å². The van der Waals surface area contributed by atoms with Gasteiger partial charge in [-0.15, -0.1) is 0 Å². The largest absolute Gasteiger partial charge is 0.450 e. The van der Waals surface area contributed by atoms with Crippen LogP contribution in [0, 0.1) is 5.92 Å². The van der Waals surface area contributed by atoms with Crippen LogP contribution in [0.4, 0.5) is 4.79 Å². The van der Waals surface area contributed by atoms with E-state index in [0.717, 1.165) is 19.4 Å². The highest BCUT2D eigenvalue weighted by Gasteiger charge is 2.27. The molecule has 0 aromatic carbocycles. The number of hydrogen-bond acceptors (Lipinski definition) is 4. The molecular weight excluding hydrogens is 234 g/mol. The number of carbonyl (C=O) groups is 2. The fourth-order valence-corrected chi connectivity index (χ4v) is 2.05. The first-order valence-corrected chi connectivity index (χ1v) is 6.50.